The van der Waals surface area contributed by atoms with Crippen LogP contribution in [-0.4, -0.2) is 7.11 Å². The van der Waals surface area contributed by atoms with Crippen molar-refractivity contribution in [1.82, 2.24) is 0 Å². The van der Waals surface area contributed by atoms with Crippen LogP contribution in [0.25, 0.3) is 0 Å². The molecule has 2 aromatic carbocycles. The summed E-state index contributed by atoms with van der Waals surface area (Å²) in [6.07, 6.45) is 0.985. The minimum Gasteiger partial charge on any atom is -0.495 e. The van der Waals surface area contributed by atoms with Gasteiger partial charge in [-0.3, -0.25) is 0 Å². The van der Waals surface area contributed by atoms with Gasteiger partial charge in [0.1, 0.15) is 5.75 Å². The highest BCUT2D eigenvalue weighted by Gasteiger charge is 2.12. The molecule has 2 rings (SSSR count). The molecule has 2 nitrogen and oxygen atoms in total. The second-order valence-corrected chi connectivity index (χ2v) is 5.30. The van der Waals surface area contributed by atoms with Crippen molar-refractivity contribution < 1.29 is 4.74 Å². The summed E-state index contributed by atoms with van der Waals surface area (Å²) >= 11 is 5.95. The molecule has 2 aromatic rings. The van der Waals surface area contributed by atoms with Crippen LogP contribution in [0.15, 0.2) is 42.5 Å². The maximum Gasteiger partial charge on any atom is 0.141 e. The van der Waals surface area contributed by atoms with Gasteiger partial charge in [0.15, 0.2) is 0 Å². The molecular formula is C17H20ClNO. The van der Waals surface area contributed by atoms with Crippen molar-refractivity contribution in [3.8, 4) is 5.75 Å². The summed E-state index contributed by atoms with van der Waals surface area (Å²) in [6.45, 7) is 4.24. The molecule has 0 amide bonds. The van der Waals surface area contributed by atoms with Gasteiger partial charge in [-0.05, 0) is 48.7 Å². The molecule has 0 aliphatic heterocycles. The zero-order valence-corrected chi connectivity index (χ0v) is 12.9. The summed E-state index contributed by atoms with van der Waals surface area (Å²) in [5.41, 5.74) is 3.45. The largest absolute Gasteiger partial charge is 0.495 e. The Hall–Kier alpha value is -1.67. The Bertz CT molecular complexity index is 566. The second kappa shape index (κ2) is 6.67. The Morgan fingerprint density at radius 2 is 1.85 bits per heavy atom. The van der Waals surface area contributed by atoms with Crippen molar-refractivity contribution in [2.24, 2.45) is 0 Å². The maximum absolute atomic E-state index is 5.95. The van der Waals surface area contributed by atoms with E-state index in [0.29, 0.717) is 0 Å². The van der Waals surface area contributed by atoms with Crippen LogP contribution in [0.1, 0.15) is 30.5 Å². The first-order chi connectivity index (χ1) is 9.63. The zero-order chi connectivity index (χ0) is 14.5. The number of ether oxygens (including phenoxy) is 1. The molecule has 0 radical (unpaired) electrons. The summed E-state index contributed by atoms with van der Waals surface area (Å²) in [4.78, 5) is 0. The van der Waals surface area contributed by atoms with Gasteiger partial charge in [0.25, 0.3) is 0 Å². The molecule has 20 heavy (non-hydrogen) atoms. The molecule has 0 bridgehead atoms. The topological polar surface area (TPSA) is 21.3 Å². The van der Waals surface area contributed by atoms with Gasteiger partial charge in [0.05, 0.1) is 18.8 Å². The molecule has 0 saturated carbocycles. The molecule has 0 aliphatic rings. The highest BCUT2D eigenvalue weighted by atomic mass is 35.5. The minimum absolute atomic E-state index is 0.239. The summed E-state index contributed by atoms with van der Waals surface area (Å²) < 4.78 is 5.42. The van der Waals surface area contributed by atoms with E-state index < -0.39 is 0 Å². The molecule has 106 valence electrons. The lowest BCUT2D eigenvalue weighted by Gasteiger charge is -2.21. The highest BCUT2D eigenvalue weighted by Crippen LogP contribution is 2.30. The third-order valence-corrected chi connectivity index (χ3v) is 3.62. The van der Waals surface area contributed by atoms with Gasteiger partial charge in [-0.15, -0.1) is 0 Å². The predicted molar refractivity (Wildman–Crippen MR) is 85.8 cm³/mol. The average Bonchev–Trinajstić information content (AvgIpc) is 2.46. The number of hydrogen-bond acceptors (Lipinski definition) is 2. The van der Waals surface area contributed by atoms with Crippen molar-refractivity contribution in [3.05, 3.63) is 58.6 Å². The first-order valence-corrected chi connectivity index (χ1v) is 7.18. The Balaban J connectivity index is 2.26. The summed E-state index contributed by atoms with van der Waals surface area (Å²) in [5, 5.41) is 4.32. The van der Waals surface area contributed by atoms with E-state index in [1.807, 2.05) is 24.3 Å². The van der Waals surface area contributed by atoms with E-state index >= 15 is 0 Å². The van der Waals surface area contributed by atoms with Crippen LogP contribution in [0, 0.1) is 6.92 Å². The van der Waals surface area contributed by atoms with Crippen LogP contribution in [0.3, 0.4) is 0 Å². The first-order valence-electron chi connectivity index (χ1n) is 6.80. The molecule has 0 spiro atoms. The lowest BCUT2D eigenvalue weighted by atomic mass is 10.0. The number of hydrogen-bond donors (Lipinski definition) is 1. The summed E-state index contributed by atoms with van der Waals surface area (Å²) in [7, 11) is 1.69. The zero-order valence-electron chi connectivity index (χ0n) is 12.1. The lowest BCUT2D eigenvalue weighted by Crippen LogP contribution is -2.10. The van der Waals surface area contributed by atoms with Crippen LogP contribution in [0.4, 0.5) is 5.69 Å². The van der Waals surface area contributed by atoms with Crippen molar-refractivity contribution in [2.75, 3.05) is 12.4 Å². The highest BCUT2D eigenvalue weighted by molar-refractivity contribution is 6.30. The fourth-order valence-electron chi connectivity index (χ4n) is 2.24. The van der Waals surface area contributed by atoms with Crippen LogP contribution >= 0.6 is 11.6 Å². The number of benzene rings is 2. The molecule has 0 fully saturated rings. The number of aryl methyl sites for hydroxylation is 1. The van der Waals surface area contributed by atoms with Crippen LogP contribution < -0.4 is 10.1 Å². The SMILES string of the molecule is CCC(Nc1cc(C)ccc1OC)c1ccc(Cl)cc1. The van der Waals surface area contributed by atoms with Gasteiger partial charge >= 0.3 is 0 Å². The Morgan fingerprint density at radius 1 is 1.15 bits per heavy atom. The van der Waals surface area contributed by atoms with E-state index in [2.05, 4.69) is 37.4 Å². The van der Waals surface area contributed by atoms with Gasteiger partial charge in [-0.1, -0.05) is 36.7 Å². The van der Waals surface area contributed by atoms with Crippen LogP contribution in [-0.2, 0) is 0 Å². The van der Waals surface area contributed by atoms with Crippen molar-refractivity contribution in [1.29, 1.82) is 0 Å². The van der Waals surface area contributed by atoms with E-state index in [1.54, 1.807) is 7.11 Å². The first kappa shape index (κ1) is 14.7. The van der Waals surface area contributed by atoms with Crippen LogP contribution in [0.2, 0.25) is 5.02 Å². The Morgan fingerprint density at radius 3 is 2.45 bits per heavy atom. The quantitative estimate of drug-likeness (QED) is 0.815. The number of nitrogens with one attached hydrogen (secondary N) is 1. The van der Waals surface area contributed by atoms with E-state index in [0.717, 1.165) is 22.9 Å². The Labute approximate surface area is 125 Å². The maximum atomic E-state index is 5.95. The molecule has 3 heteroatoms. The predicted octanol–water partition coefficient (Wildman–Crippen LogP) is 5.22. The normalized spacial score (nSPS) is 12.0. The monoisotopic (exact) mass is 289 g/mol. The van der Waals surface area contributed by atoms with Gasteiger partial charge in [0, 0.05) is 5.02 Å². The molecule has 0 saturated heterocycles. The van der Waals surface area contributed by atoms with Gasteiger partial charge < -0.3 is 10.1 Å². The third kappa shape index (κ3) is 3.45. The summed E-state index contributed by atoms with van der Waals surface area (Å²) in [5.74, 6) is 0.864. The lowest BCUT2D eigenvalue weighted by molar-refractivity contribution is 0.416. The van der Waals surface area contributed by atoms with Crippen LogP contribution in [0.5, 0.6) is 5.75 Å². The van der Waals surface area contributed by atoms with Crippen molar-refractivity contribution in [3.63, 3.8) is 0 Å². The smallest absolute Gasteiger partial charge is 0.141 e. The Kier molecular flexibility index (Phi) is 4.91. The number of rotatable bonds is 5. The van der Waals surface area contributed by atoms with Gasteiger partial charge in [0.2, 0.25) is 0 Å². The fourth-order valence-corrected chi connectivity index (χ4v) is 2.36. The van der Waals surface area contributed by atoms with E-state index in [9.17, 15) is 0 Å². The molecule has 1 unspecified atom stereocenters. The number of halogens is 1. The average molecular weight is 290 g/mol. The standard InChI is InChI=1S/C17H20ClNO/c1-4-15(13-6-8-14(18)9-7-13)19-16-11-12(2)5-10-17(16)20-3/h5-11,15,19H,4H2,1-3H3. The number of methoxy groups -OCH3 is 1. The molecule has 0 aromatic heterocycles. The number of anilines is 1. The van der Waals surface area contributed by atoms with Crippen molar-refractivity contribution >= 4 is 17.3 Å². The van der Waals surface area contributed by atoms with E-state index in [-0.39, 0.29) is 6.04 Å². The van der Waals surface area contributed by atoms with E-state index in [1.165, 1.54) is 11.1 Å². The van der Waals surface area contributed by atoms with Gasteiger partial charge in [-0.25, -0.2) is 0 Å². The fraction of sp³-hybridized carbons (Fsp3) is 0.294. The van der Waals surface area contributed by atoms with Gasteiger partial charge in [-0.2, -0.15) is 0 Å². The third-order valence-electron chi connectivity index (χ3n) is 3.37. The second-order valence-electron chi connectivity index (χ2n) is 4.86. The molecule has 1 atom stereocenters. The molecular weight excluding hydrogens is 270 g/mol. The van der Waals surface area contributed by atoms with Crippen molar-refractivity contribution in [2.45, 2.75) is 26.3 Å². The molecule has 1 N–H and O–H groups in total. The minimum atomic E-state index is 0.239. The summed E-state index contributed by atoms with van der Waals surface area (Å²) in [6, 6.07) is 14.4. The van der Waals surface area contributed by atoms with E-state index in [4.69, 9.17) is 16.3 Å². The molecule has 0 heterocycles. The molecule has 0 aliphatic carbocycles.